The molecule has 2 atom stereocenters. The van der Waals surface area contributed by atoms with E-state index >= 15 is 0 Å². The van der Waals surface area contributed by atoms with E-state index in [4.69, 9.17) is 4.74 Å². The Balaban J connectivity index is 1.75. The molecule has 3 heterocycles. The summed E-state index contributed by atoms with van der Waals surface area (Å²) in [5, 5.41) is 14.8. The van der Waals surface area contributed by atoms with Crippen molar-refractivity contribution in [2.24, 2.45) is 0 Å². The van der Waals surface area contributed by atoms with Gasteiger partial charge in [0.2, 0.25) is 5.91 Å². The van der Waals surface area contributed by atoms with Crippen LogP contribution in [-0.2, 0) is 20.9 Å². The zero-order valence-electron chi connectivity index (χ0n) is 15.9. The molecular weight excluding hydrogens is 344 g/mol. The van der Waals surface area contributed by atoms with Gasteiger partial charge in [-0.15, -0.1) is 0 Å². The average Bonchev–Trinajstić information content (AvgIpc) is 3.25. The fourth-order valence-corrected chi connectivity index (χ4v) is 3.70. The number of amides is 2. The molecule has 1 aromatic rings. The Bertz CT molecular complexity index is 797. The van der Waals surface area contributed by atoms with Crippen molar-refractivity contribution in [1.29, 1.82) is 5.26 Å². The van der Waals surface area contributed by atoms with Gasteiger partial charge < -0.3 is 19.9 Å². The highest BCUT2D eigenvalue weighted by atomic mass is 16.5. The number of aryl methyl sites for hydroxylation is 1. The van der Waals surface area contributed by atoms with Crippen LogP contribution in [0.4, 0.5) is 0 Å². The molecule has 0 radical (unpaired) electrons. The van der Waals surface area contributed by atoms with Crippen LogP contribution in [-0.4, -0.2) is 41.7 Å². The van der Waals surface area contributed by atoms with Gasteiger partial charge in [-0.25, -0.2) is 0 Å². The highest BCUT2D eigenvalue weighted by Gasteiger charge is 2.25. The van der Waals surface area contributed by atoms with Crippen LogP contribution >= 0.6 is 0 Å². The summed E-state index contributed by atoms with van der Waals surface area (Å²) in [6.45, 7) is 6.21. The van der Waals surface area contributed by atoms with Crippen LogP contribution < -0.4 is 10.6 Å². The standard InChI is InChI=1S/C20H26N4O3/c1-13-9-15(14(2)24(13)12-17-5-4-8-27-17)10-16(11-21)19(25)23-18-6-3-7-22-20(18)26/h9-10,17-18H,3-8,12H2,1-2H3,(H,22,26)(H,23,25). The molecule has 0 aromatic carbocycles. The summed E-state index contributed by atoms with van der Waals surface area (Å²) < 4.78 is 7.89. The lowest BCUT2D eigenvalue weighted by Gasteiger charge is -2.22. The van der Waals surface area contributed by atoms with E-state index in [9.17, 15) is 14.9 Å². The zero-order valence-corrected chi connectivity index (χ0v) is 15.9. The SMILES string of the molecule is Cc1cc(C=C(C#N)C(=O)NC2CCCNC2=O)c(C)n1CC1CCCO1. The number of hydrogen-bond donors (Lipinski definition) is 2. The fourth-order valence-electron chi connectivity index (χ4n) is 3.70. The maximum atomic E-state index is 12.5. The molecule has 0 aliphatic carbocycles. The average molecular weight is 370 g/mol. The number of rotatable bonds is 5. The highest BCUT2D eigenvalue weighted by molar-refractivity contribution is 6.03. The third kappa shape index (κ3) is 4.40. The van der Waals surface area contributed by atoms with Gasteiger partial charge >= 0.3 is 0 Å². The van der Waals surface area contributed by atoms with E-state index in [1.165, 1.54) is 0 Å². The maximum Gasteiger partial charge on any atom is 0.262 e. The Hall–Kier alpha value is -2.59. The highest BCUT2D eigenvalue weighted by Crippen LogP contribution is 2.22. The van der Waals surface area contributed by atoms with Crippen molar-refractivity contribution < 1.29 is 14.3 Å². The predicted molar refractivity (Wildman–Crippen MR) is 101 cm³/mol. The first-order valence-corrected chi connectivity index (χ1v) is 9.48. The molecule has 1 aromatic heterocycles. The second-order valence-electron chi connectivity index (χ2n) is 7.20. The number of nitrogens with one attached hydrogen (secondary N) is 2. The summed E-state index contributed by atoms with van der Waals surface area (Å²) in [6.07, 6.45) is 5.36. The molecule has 0 saturated carbocycles. The summed E-state index contributed by atoms with van der Waals surface area (Å²) >= 11 is 0. The van der Waals surface area contributed by atoms with Gasteiger partial charge in [-0.3, -0.25) is 9.59 Å². The van der Waals surface area contributed by atoms with Crippen molar-refractivity contribution in [3.63, 3.8) is 0 Å². The second kappa shape index (κ2) is 8.40. The monoisotopic (exact) mass is 370 g/mol. The quantitative estimate of drug-likeness (QED) is 0.608. The lowest BCUT2D eigenvalue weighted by Crippen LogP contribution is -2.50. The number of nitrogens with zero attached hydrogens (tertiary/aromatic N) is 2. The minimum Gasteiger partial charge on any atom is -0.376 e. The van der Waals surface area contributed by atoms with Crippen molar-refractivity contribution in [3.8, 4) is 6.07 Å². The van der Waals surface area contributed by atoms with E-state index in [2.05, 4.69) is 15.2 Å². The first kappa shape index (κ1) is 19.2. The first-order valence-electron chi connectivity index (χ1n) is 9.48. The number of ether oxygens (including phenoxy) is 1. The molecule has 7 nitrogen and oxygen atoms in total. The second-order valence-corrected chi connectivity index (χ2v) is 7.20. The number of carbonyl (C=O) groups is 2. The van der Waals surface area contributed by atoms with E-state index in [0.29, 0.717) is 13.0 Å². The van der Waals surface area contributed by atoms with E-state index in [1.807, 2.05) is 26.0 Å². The van der Waals surface area contributed by atoms with Crippen molar-refractivity contribution in [3.05, 3.63) is 28.6 Å². The molecule has 2 amide bonds. The van der Waals surface area contributed by atoms with E-state index < -0.39 is 11.9 Å². The van der Waals surface area contributed by atoms with Gasteiger partial charge in [0.25, 0.3) is 5.91 Å². The van der Waals surface area contributed by atoms with Crippen molar-refractivity contribution in [2.75, 3.05) is 13.2 Å². The Morgan fingerprint density at radius 3 is 2.93 bits per heavy atom. The van der Waals surface area contributed by atoms with E-state index in [1.54, 1.807) is 6.08 Å². The van der Waals surface area contributed by atoms with Crippen LogP contribution in [0.25, 0.3) is 6.08 Å². The normalized spacial score (nSPS) is 23.0. The van der Waals surface area contributed by atoms with Crippen LogP contribution in [0, 0.1) is 25.2 Å². The maximum absolute atomic E-state index is 12.5. The van der Waals surface area contributed by atoms with Gasteiger partial charge in [0.15, 0.2) is 0 Å². The van der Waals surface area contributed by atoms with Crippen molar-refractivity contribution >= 4 is 17.9 Å². The van der Waals surface area contributed by atoms with Gasteiger partial charge in [0.1, 0.15) is 17.7 Å². The number of carbonyl (C=O) groups excluding carboxylic acids is 2. The number of nitriles is 1. The fraction of sp³-hybridized carbons (Fsp3) is 0.550. The zero-order chi connectivity index (χ0) is 19.4. The number of aromatic nitrogens is 1. The molecule has 2 N–H and O–H groups in total. The molecule has 144 valence electrons. The van der Waals surface area contributed by atoms with Gasteiger partial charge in [-0.2, -0.15) is 5.26 Å². The van der Waals surface area contributed by atoms with Crippen LogP contribution in [0.1, 0.15) is 42.6 Å². The lowest BCUT2D eigenvalue weighted by atomic mass is 10.1. The number of piperidine rings is 1. The minimum atomic E-state index is -0.574. The van der Waals surface area contributed by atoms with Crippen molar-refractivity contribution in [1.82, 2.24) is 15.2 Å². The Kier molecular flexibility index (Phi) is 5.97. The molecule has 7 heteroatoms. The molecular formula is C20H26N4O3. The summed E-state index contributed by atoms with van der Waals surface area (Å²) in [6, 6.07) is 3.37. The topological polar surface area (TPSA) is 96.2 Å². The molecule has 2 fully saturated rings. The van der Waals surface area contributed by atoms with Gasteiger partial charge in [-0.1, -0.05) is 0 Å². The van der Waals surface area contributed by atoms with Crippen LogP contribution in [0.5, 0.6) is 0 Å². The molecule has 27 heavy (non-hydrogen) atoms. The number of hydrogen-bond acceptors (Lipinski definition) is 4. The Morgan fingerprint density at radius 2 is 2.26 bits per heavy atom. The van der Waals surface area contributed by atoms with Crippen LogP contribution in [0.15, 0.2) is 11.6 Å². The summed E-state index contributed by atoms with van der Waals surface area (Å²) in [5.41, 5.74) is 2.91. The molecule has 2 aliphatic rings. The largest absolute Gasteiger partial charge is 0.376 e. The van der Waals surface area contributed by atoms with Crippen LogP contribution in [0.3, 0.4) is 0 Å². The smallest absolute Gasteiger partial charge is 0.262 e. The van der Waals surface area contributed by atoms with Gasteiger partial charge in [0, 0.05) is 31.1 Å². The predicted octanol–water partition coefficient (Wildman–Crippen LogP) is 1.59. The molecule has 0 spiro atoms. The Morgan fingerprint density at radius 1 is 1.44 bits per heavy atom. The molecule has 2 saturated heterocycles. The summed E-state index contributed by atoms with van der Waals surface area (Å²) in [4.78, 5) is 24.3. The minimum absolute atomic E-state index is 0.00531. The van der Waals surface area contributed by atoms with Gasteiger partial charge in [0.05, 0.1) is 6.10 Å². The first-order chi connectivity index (χ1) is 13.0. The summed E-state index contributed by atoms with van der Waals surface area (Å²) in [5.74, 6) is -0.704. The van der Waals surface area contributed by atoms with Crippen molar-refractivity contribution in [2.45, 2.75) is 58.2 Å². The third-order valence-corrected chi connectivity index (χ3v) is 5.28. The molecule has 0 bridgehead atoms. The van der Waals surface area contributed by atoms with Crippen LogP contribution in [0.2, 0.25) is 0 Å². The van der Waals surface area contributed by atoms with E-state index in [0.717, 1.165) is 49.4 Å². The molecule has 3 rings (SSSR count). The summed E-state index contributed by atoms with van der Waals surface area (Å²) in [7, 11) is 0. The third-order valence-electron chi connectivity index (χ3n) is 5.28. The molecule has 2 unspecified atom stereocenters. The van der Waals surface area contributed by atoms with E-state index in [-0.39, 0.29) is 17.6 Å². The van der Waals surface area contributed by atoms with Gasteiger partial charge in [-0.05, 0) is 57.2 Å². The lowest BCUT2D eigenvalue weighted by molar-refractivity contribution is -0.128. The Labute approximate surface area is 159 Å². The molecule has 2 aliphatic heterocycles.